The van der Waals surface area contributed by atoms with Gasteiger partial charge in [-0.25, -0.2) is 9.97 Å². The van der Waals surface area contributed by atoms with Crippen LogP contribution in [0.1, 0.15) is 25.5 Å². The van der Waals surface area contributed by atoms with Gasteiger partial charge in [-0.3, -0.25) is 14.1 Å². The van der Waals surface area contributed by atoms with Gasteiger partial charge < -0.3 is 25.4 Å². The third-order valence-electron chi connectivity index (χ3n) is 6.87. The molecule has 202 valence electrons. The third kappa shape index (κ3) is 5.33. The van der Waals surface area contributed by atoms with Gasteiger partial charge in [0, 0.05) is 42.8 Å². The van der Waals surface area contributed by atoms with Crippen LogP contribution >= 0.6 is 22.8 Å². The van der Waals surface area contributed by atoms with Crippen molar-refractivity contribution >= 4 is 39.4 Å². The Kier molecular flexibility index (Phi) is 7.80. The first-order valence-corrected chi connectivity index (χ1v) is 14.5. The Labute approximate surface area is 228 Å². The molecule has 1 aromatic carbocycles. The lowest BCUT2D eigenvalue weighted by molar-refractivity contribution is 0.0985. The number of aliphatic hydroxyl groups is 1. The van der Waals surface area contributed by atoms with Gasteiger partial charge in [0.05, 0.1) is 36.5 Å². The van der Waals surface area contributed by atoms with Crippen LogP contribution in [0, 0.1) is 0 Å². The summed E-state index contributed by atoms with van der Waals surface area (Å²) in [5, 5.41) is 15.4. The van der Waals surface area contributed by atoms with Crippen LogP contribution in [0.25, 0.3) is 11.4 Å². The predicted molar refractivity (Wildman–Crippen MR) is 153 cm³/mol. The molecule has 1 aliphatic carbocycles. The van der Waals surface area contributed by atoms with E-state index in [4.69, 9.17) is 32.0 Å². The van der Waals surface area contributed by atoms with E-state index in [-0.39, 0.29) is 12.6 Å². The van der Waals surface area contributed by atoms with Gasteiger partial charge in [0.1, 0.15) is 10.6 Å². The van der Waals surface area contributed by atoms with Crippen LogP contribution in [0.5, 0.6) is 0 Å². The lowest BCUT2D eigenvalue weighted by Crippen LogP contribution is -2.44. The van der Waals surface area contributed by atoms with Crippen molar-refractivity contribution < 1.29 is 18.9 Å². The van der Waals surface area contributed by atoms with Gasteiger partial charge in [-0.15, -0.1) is 0 Å². The molecule has 5 N–H and O–H groups in total. The number of morpholine rings is 1. The van der Waals surface area contributed by atoms with Crippen molar-refractivity contribution in [2.24, 2.45) is 0 Å². The minimum atomic E-state index is -3.19. The highest BCUT2D eigenvalue weighted by Crippen LogP contribution is 2.75. The Morgan fingerprint density at radius 1 is 1.16 bits per heavy atom. The van der Waals surface area contributed by atoms with Crippen molar-refractivity contribution in [1.29, 1.82) is 0 Å². The second-order valence-electron chi connectivity index (χ2n) is 9.46. The van der Waals surface area contributed by atoms with E-state index in [0.29, 0.717) is 60.7 Å². The maximum atomic E-state index is 11.5. The molecule has 1 saturated carbocycles. The van der Waals surface area contributed by atoms with Crippen molar-refractivity contribution in [1.82, 2.24) is 20.3 Å². The number of ether oxygens (including phenoxy) is 1. The smallest absolute Gasteiger partial charge is 0.170 e. The zero-order chi connectivity index (χ0) is 26.8. The molecule has 3 heterocycles. The molecule has 0 spiro atoms. The lowest BCUT2D eigenvalue weighted by Gasteiger charge is -2.41. The maximum Gasteiger partial charge on any atom is 0.170 e. The lowest BCUT2D eigenvalue weighted by atomic mass is 10.1. The van der Waals surface area contributed by atoms with Crippen LogP contribution in [0.15, 0.2) is 59.8 Å². The molecule has 10 nitrogen and oxygen atoms in total. The monoisotopic (exact) mass is 556 g/mol. The summed E-state index contributed by atoms with van der Waals surface area (Å²) < 4.78 is 27.8. The number of anilines is 2. The maximum absolute atomic E-state index is 11.5. The summed E-state index contributed by atoms with van der Waals surface area (Å²) in [5.41, 5.74) is 2.21. The first kappa shape index (κ1) is 26.7. The highest BCUT2D eigenvalue weighted by atomic mass is 32.3. The normalized spacial score (nSPS) is 19.1. The molecular formula is C26H32N6O4S2. The van der Waals surface area contributed by atoms with Crippen molar-refractivity contribution in [2.75, 3.05) is 43.1 Å². The summed E-state index contributed by atoms with van der Waals surface area (Å²) in [6.07, 6.45) is 4.39. The SMILES string of the molecule is C[C@H]1COCCN1c1cc(C2(S(O)(O)c3ccncc3)CC2)nc(-c2ccc(NC(=S)NCCO)cc2)n1. The summed E-state index contributed by atoms with van der Waals surface area (Å²) in [7, 11) is -3.19. The molecule has 5 rings (SSSR count). The van der Waals surface area contributed by atoms with Crippen LogP contribution in [0.2, 0.25) is 0 Å². The van der Waals surface area contributed by atoms with E-state index in [9.17, 15) is 9.11 Å². The van der Waals surface area contributed by atoms with Crippen LogP contribution in [0.4, 0.5) is 11.5 Å². The number of nitrogens with one attached hydrogen (secondary N) is 2. The molecule has 1 atom stereocenters. The standard InChI is InChI=1S/C26H32N6O4S2/c1-18-17-36-15-13-32(18)23-16-22(26(8-9-26)38(34,35)21-6-10-27-11-7-21)30-24(31-23)19-2-4-20(5-3-19)29-25(37)28-12-14-33/h2-7,10-11,16,18,33-35H,8-9,12-15,17H2,1H3,(H2,28,29,37)/t18-/m0/s1. The van der Waals surface area contributed by atoms with E-state index in [1.54, 1.807) is 24.5 Å². The molecule has 0 radical (unpaired) electrons. The Morgan fingerprint density at radius 3 is 2.55 bits per heavy atom. The van der Waals surface area contributed by atoms with Gasteiger partial charge in [-0.2, -0.15) is 10.6 Å². The zero-order valence-electron chi connectivity index (χ0n) is 21.1. The quantitative estimate of drug-likeness (QED) is 0.259. The molecule has 2 aliphatic rings. The molecule has 2 aromatic heterocycles. The van der Waals surface area contributed by atoms with Crippen molar-refractivity contribution in [3.05, 3.63) is 60.6 Å². The van der Waals surface area contributed by atoms with Gasteiger partial charge in [-0.05, 0) is 68.4 Å². The Morgan fingerprint density at radius 2 is 1.89 bits per heavy atom. The fourth-order valence-electron chi connectivity index (χ4n) is 4.61. The first-order valence-electron chi connectivity index (χ1n) is 12.5. The molecule has 3 aromatic rings. The van der Waals surface area contributed by atoms with Crippen molar-refractivity contribution in [3.63, 3.8) is 0 Å². The van der Waals surface area contributed by atoms with Crippen LogP contribution < -0.4 is 15.5 Å². The third-order valence-corrected chi connectivity index (χ3v) is 9.75. The highest BCUT2D eigenvalue weighted by Gasteiger charge is 2.57. The number of benzene rings is 1. The van der Waals surface area contributed by atoms with Gasteiger partial charge in [0.2, 0.25) is 0 Å². The summed E-state index contributed by atoms with van der Waals surface area (Å²) in [5.74, 6) is 1.26. The summed E-state index contributed by atoms with van der Waals surface area (Å²) >= 11 is 5.25. The van der Waals surface area contributed by atoms with E-state index in [0.717, 1.165) is 17.1 Å². The van der Waals surface area contributed by atoms with Crippen LogP contribution in [-0.2, 0) is 9.48 Å². The Hall–Kier alpha value is -2.87. The largest absolute Gasteiger partial charge is 0.395 e. The van der Waals surface area contributed by atoms with Crippen molar-refractivity contribution in [2.45, 2.75) is 35.4 Å². The van der Waals surface area contributed by atoms with Crippen LogP contribution in [0.3, 0.4) is 0 Å². The average Bonchev–Trinajstić information content (AvgIpc) is 3.76. The predicted octanol–water partition coefficient (Wildman–Crippen LogP) is 3.84. The van der Waals surface area contributed by atoms with E-state index in [2.05, 4.69) is 27.4 Å². The van der Waals surface area contributed by atoms with E-state index >= 15 is 0 Å². The molecule has 12 heteroatoms. The molecular weight excluding hydrogens is 524 g/mol. The van der Waals surface area contributed by atoms with E-state index in [1.165, 1.54) is 0 Å². The van der Waals surface area contributed by atoms with Gasteiger partial charge in [0.15, 0.2) is 10.9 Å². The molecule has 38 heavy (non-hydrogen) atoms. The van der Waals surface area contributed by atoms with E-state index in [1.807, 2.05) is 30.3 Å². The van der Waals surface area contributed by atoms with Gasteiger partial charge in [-0.1, -0.05) is 0 Å². The fourth-order valence-corrected chi connectivity index (χ4v) is 6.85. The Bertz CT molecular complexity index is 1270. The number of hydrogen-bond acceptors (Lipinski definition) is 9. The fraction of sp³-hybridized carbons (Fsp3) is 0.385. The van der Waals surface area contributed by atoms with Gasteiger partial charge >= 0.3 is 0 Å². The number of hydrogen-bond donors (Lipinski definition) is 5. The second kappa shape index (κ2) is 11.1. The second-order valence-corrected chi connectivity index (χ2v) is 12.2. The number of aliphatic hydroxyl groups excluding tert-OH is 1. The zero-order valence-corrected chi connectivity index (χ0v) is 22.7. The molecule has 1 aliphatic heterocycles. The summed E-state index contributed by atoms with van der Waals surface area (Å²) in [6, 6.07) is 12.9. The minimum absolute atomic E-state index is 0.00807. The molecule has 0 amide bonds. The number of thiocarbonyl (C=S) groups is 1. The topological polar surface area (TPSA) is 136 Å². The average molecular weight is 557 g/mol. The van der Waals surface area contributed by atoms with E-state index < -0.39 is 15.3 Å². The van der Waals surface area contributed by atoms with Gasteiger partial charge in [0.25, 0.3) is 0 Å². The summed E-state index contributed by atoms with van der Waals surface area (Å²) in [6.45, 7) is 4.33. The number of nitrogens with zero attached hydrogens (tertiary/aromatic N) is 4. The Balaban J connectivity index is 1.52. The number of aromatic nitrogens is 3. The molecule has 0 unspecified atom stereocenters. The first-order chi connectivity index (χ1) is 18.3. The summed E-state index contributed by atoms with van der Waals surface area (Å²) in [4.78, 5) is 16.5. The number of rotatable bonds is 8. The number of pyridine rings is 1. The highest BCUT2D eigenvalue weighted by molar-refractivity contribution is 8.25. The van der Waals surface area contributed by atoms with Crippen LogP contribution in [-0.4, -0.2) is 73.2 Å². The molecule has 0 bridgehead atoms. The van der Waals surface area contributed by atoms with Crippen molar-refractivity contribution in [3.8, 4) is 11.4 Å². The molecule has 1 saturated heterocycles. The molecule has 2 fully saturated rings. The minimum Gasteiger partial charge on any atom is -0.395 e.